The van der Waals surface area contributed by atoms with E-state index in [1.807, 2.05) is 47.0 Å². The summed E-state index contributed by atoms with van der Waals surface area (Å²) < 4.78 is 20.6. The molecular weight excluding hydrogens is 626 g/mol. The van der Waals surface area contributed by atoms with E-state index < -0.39 is 0 Å². The number of hydrogen-bond acceptors (Lipinski definition) is 7. The SMILES string of the molecule is C[S+](C)CCOCn1c(C(=O)c2cnn(-c3ccc(Oc4ccccc4)cc3Cl)c2N)cc2cc(C(=O)N3CCOCC3)ccc21. The lowest BCUT2D eigenvalue weighted by molar-refractivity contribution is 0.0303. The smallest absolute Gasteiger partial charge is 0.254 e. The largest absolute Gasteiger partial charge is 0.457 e. The van der Waals surface area contributed by atoms with Gasteiger partial charge < -0.3 is 29.4 Å². The molecule has 2 N–H and O–H groups in total. The molecule has 0 aliphatic carbocycles. The van der Waals surface area contributed by atoms with Gasteiger partial charge >= 0.3 is 0 Å². The molecule has 5 aromatic rings. The molecule has 238 valence electrons. The highest BCUT2D eigenvalue weighted by Gasteiger charge is 2.25. The van der Waals surface area contributed by atoms with E-state index in [0.717, 1.165) is 16.7 Å². The second-order valence-electron chi connectivity index (χ2n) is 11.1. The van der Waals surface area contributed by atoms with Gasteiger partial charge in [0.05, 0.1) is 66.0 Å². The predicted octanol–water partition coefficient (Wildman–Crippen LogP) is 5.41. The highest BCUT2D eigenvalue weighted by molar-refractivity contribution is 7.95. The van der Waals surface area contributed by atoms with Crippen molar-refractivity contribution in [3.63, 3.8) is 0 Å². The topological polar surface area (TPSA) is 114 Å². The molecule has 6 rings (SSSR count). The molecule has 0 bridgehead atoms. The third-order valence-corrected chi connectivity index (χ3v) is 9.00. The van der Waals surface area contributed by atoms with Crippen molar-refractivity contribution < 1.29 is 23.8 Å². The van der Waals surface area contributed by atoms with Crippen LogP contribution in [0.4, 0.5) is 5.82 Å². The molecule has 3 aromatic carbocycles. The molecule has 1 fully saturated rings. The van der Waals surface area contributed by atoms with Crippen LogP contribution in [0.5, 0.6) is 11.5 Å². The molecule has 12 heteroatoms. The molecule has 3 heterocycles. The van der Waals surface area contributed by atoms with E-state index in [9.17, 15) is 9.59 Å². The molecule has 2 aromatic heterocycles. The van der Waals surface area contributed by atoms with Crippen LogP contribution in [0.15, 0.2) is 79.0 Å². The number of aromatic nitrogens is 3. The quantitative estimate of drug-likeness (QED) is 0.115. The van der Waals surface area contributed by atoms with Gasteiger partial charge in [-0.1, -0.05) is 29.8 Å². The van der Waals surface area contributed by atoms with Gasteiger partial charge in [0, 0.05) is 30.1 Å². The number of benzene rings is 3. The number of halogens is 1. The van der Waals surface area contributed by atoms with Gasteiger partial charge in [-0.15, -0.1) is 0 Å². The van der Waals surface area contributed by atoms with Gasteiger partial charge in [0.25, 0.3) is 5.91 Å². The molecule has 0 unspecified atom stereocenters. The number of nitrogens with two attached hydrogens (primary N) is 1. The van der Waals surface area contributed by atoms with Crippen molar-refractivity contribution in [1.29, 1.82) is 0 Å². The maximum absolute atomic E-state index is 14.1. The number of ketones is 1. The zero-order valence-electron chi connectivity index (χ0n) is 25.6. The van der Waals surface area contributed by atoms with Crippen molar-refractivity contribution in [2.45, 2.75) is 6.73 Å². The first-order valence-corrected chi connectivity index (χ1v) is 17.4. The molecule has 1 saturated heterocycles. The summed E-state index contributed by atoms with van der Waals surface area (Å²) in [4.78, 5) is 29.1. The Kier molecular flexibility index (Phi) is 9.64. The molecule has 0 spiro atoms. The van der Waals surface area contributed by atoms with Gasteiger partial charge in [0.15, 0.2) is 0 Å². The third-order valence-electron chi connectivity index (χ3n) is 7.71. The van der Waals surface area contributed by atoms with Gasteiger partial charge in [0.1, 0.15) is 29.8 Å². The van der Waals surface area contributed by atoms with Gasteiger partial charge in [-0.2, -0.15) is 5.10 Å². The Labute approximate surface area is 274 Å². The minimum Gasteiger partial charge on any atom is -0.457 e. The third kappa shape index (κ3) is 6.78. The molecule has 0 radical (unpaired) electrons. The number of fused-ring (bicyclic) bond motifs is 1. The fourth-order valence-corrected chi connectivity index (χ4v) is 5.97. The lowest BCUT2D eigenvalue weighted by Crippen LogP contribution is -2.40. The number of anilines is 1. The van der Waals surface area contributed by atoms with Gasteiger partial charge in [0.2, 0.25) is 5.78 Å². The maximum atomic E-state index is 14.1. The van der Waals surface area contributed by atoms with Crippen molar-refractivity contribution in [3.05, 3.63) is 101 Å². The molecule has 1 aliphatic heterocycles. The maximum Gasteiger partial charge on any atom is 0.254 e. The summed E-state index contributed by atoms with van der Waals surface area (Å²) in [5.41, 5.74) is 8.96. The second kappa shape index (κ2) is 14.0. The Morgan fingerprint density at radius 1 is 1.00 bits per heavy atom. The summed E-state index contributed by atoms with van der Waals surface area (Å²) >= 11 is 6.64. The molecule has 0 saturated carbocycles. The first kappa shape index (κ1) is 31.7. The van der Waals surface area contributed by atoms with Crippen LogP contribution < -0.4 is 10.5 Å². The fourth-order valence-electron chi connectivity index (χ4n) is 5.27. The van der Waals surface area contributed by atoms with Crippen molar-refractivity contribution in [3.8, 4) is 17.2 Å². The Bertz CT molecular complexity index is 1870. The Morgan fingerprint density at radius 2 is 1.78 bits per heavy atom. The van der Waals surface area contributed by atoms with Crippen LogP contribution in [0, 0.1) is 0 Å². The minimum absolute atomic E-state index is 0.0670. The lowest BCUT2D eigenvalue weighted by Gasteiger charge is -2.26. The second-order valence-corrected chi connectivity index (χ2v) is 13.9. The number of morpholine rings is 1. The van der Waals surface area contributed by atoms with Crippen LogP contribution in [0.2, 0.25) is 5.02 Å². The number of rotatable bonds is 11. The van der Waals surface area contributed by atoms with E-state index in [4.69, 9.17) is 31.5 Å². The zero-order valence-corrected chi connectivity index (χ0v) is 27.2. The Hall–Kier alpha value is -4.29. The number of nitrogens with zero attached hydrogens (tertiary/aromatic N) is 4. The molecule has 0 atom stereocenters. The number of carbonyl (C=O) groups is 2. The average molecular weight is 661 g/mol. The summed E-state index contributed by atoms with van der Waals surface area (Å²) in [6.45, 7) is 2.84. The number of amides is 1. The fraction of sp³-hybridized carbons (Fsp3) is 0.265. The number of hydrogen-bond donors (Lipinski definition) is 1. The van der Waals surface area contributed by atoms with Crippen molar-refractivity contribution >= 4 is 50.9 Å². The van der Waals surface area contributed by atoms with E-state index in [1.165, 1.54) is 10.9 Å². The van der Waals surface area contributed by atoms with Crippen molar-refractivity contribution in [1.82, 2.24) is 19.2 Å². The van der Waals surface area contributed by atoms with E-state index in [2.05, 4.69) is 17.6 Å². The summed E-state index contributed by atoms with van der Waals surface area (Å²) in [6, 6.07) is 21.8. The average Bonchev–Trinajstić information content (AvgIpc) is 3.63. The highest BCUT2D eigenvalue weighted by Crippen LogP contribution is 2.32. The van der Waals surface area contributed by atoms with Crippen LogP contribution >= 0.6 is 11.6 Å². The van der Waals surface area contributed by atoms with Crippen LogP contribution in [-0.2, 0) is 27.1 Å². The van der Waals surface area contributed by atoms with Crippen LogP contribution in [-0.4, -0.2) is 82.1 Å². The number of para-hydroxylation sites is 1. The normalized spacial score (nSPS) is 13.4. The summed E-state index contributed by atoms with van der Waals surface area (Å²) in [6.07, 6.45) is 5.76. The molecule has 1 aliphatic rings. The Morgan fingerprint density at radius 3 is 2.52 bits per heavy atom. The van der Waals surface area contributed by atoms with E-state index >= 15 is 0 Å². The molecule has 1 amide bonds. The first-order valence-electron chi connectivity index (χ1n) is 14.8. The first-order chi connectivity index (χ1) is 22.3. The van der Waals surface area contributed by atoms with Gasteiger partial charge in [-0.3, -0.25) is 9.59 Å². The number of nitrogen functional groups attached to an aromatic ring is 1. The van der Waals surface area contributed by atoms with E-state index in [-0.39, 0.29) is 40.7 Å². The number of ether oxygens (including phenoxy) is 3. The summed E-state index contributed by atoms with van der Waals surface area (Å²) in [5, 5.41) is 5.52. The monoisotopic (exact) mass is 660 g/mol. The zero-order chi connectivity index (χ0) is 32.2. The standard InChI is InChI=1S/C34H34ClN5O5S/c1-46(2)17-16-44-22-39-29-10-8-23(34(42)38-12-14-43-15-13-38)18-24(29)19-31(39)32(41)27-21-37-40(33(27)36)30-11-9-26(20-28(30)35)45-25-6-4-3-5-7-25/h3-11,18-21H,12-17,22H2,1-2H3,(H-,36,37,41)/p+1. The highest BCUT2D eigenvalue weighted by atomic mass is 35.5. The van der Waals surface area contributed by atoms with E-state index in [0.29, 0.717) is 66.4 Å². The lowest BCUT2D eigenvalue weighted by atomic mass is 10.1. The molecule has 10 nitrogen and oxygen atoms in total. The Balaban J connectivity index is 1.30. The van der Waals surface area contributed by atoms with Crippen molar-refractivity contribution in [2.24, 2.45) is 0 Å². The van der Waals surface area contributed by atoms with Gasteiger partial charge in [-0.25, -0.2) is 4.68 Å². The number of carbonyl (C=O) groups excluding carboxylic acids is 2. The van der Waals surface area contributed by atoms with Crippen LogP contribution in [0.25, 0.3) is 16.6 Å². The summed E-state index contributed by atoms with van der Waals surface area (Å²) in [7, 11) is 0.223. The summed E-state index contributed by atoms with van der Waals surface area (Å²) in [5.74, 6) is 1.90. The van der Waals surface area contributed by atoms with Gasteiger partial charge in [-0.05, 0) is 59.4 Å². The predicted molar refractivity (Wildman–Crippen MR) is 182 cm³/mol. The molecule has 46 heavy (non-hydrogen) atoms. The molecular formula is C34H35ClN5O5S+. The van der Waals surface area contributed by atoms with E-state index in [1.54, 1.807) is 35.2 Å². The van der Waals surface area contributed by atoms with Crippen molar-refractivity contribution in [2.75, 3.05) is 56.9 Å². The van der Waals surface area contributed by atoms with Crippen LogP contribution in [0.1, 0.15) is 26.4 Å². The van der Waals surface area contributed by atoms with Crippen LogP contribution in [0.3, 0.4) is 0 Å². The minimum atomic E-state index is -0.324.